The normalized spacial score (nSPS) is 13.8. The Morgan fingerprint density at radius 1 is 1.32 bits per heavy atom. The minimum absolute atomic E-state index is 0.0273. The molecule has 3 N–H and O–H groups in total. The molecule has 0 saturated heterocycles. The van der Waals surface area contributed by atoms with Crippen LogP contribution >= 0.6 is 0 Å². The summed E-state index contributed by atoms with van der Waals surface area (Å²) < 4.78 is 1.50. The zero-order chi connectivity index (χ0) is 17.6. The summed E-state index contributed by atoms with van der Waals surface area (Å²) in [4.78, 5) is 27.0. The van der Waals surface area contributed by atoms with Crippen molar-refractivity contribution in [3.63, 3.8) is 0 Å². The van der Waals surface area contributed by atoms with Gasteiger partial charge in [-0.2, -0.15) is 5.10 Å². The number of nitrogens with two attached hydrogens (primary N) is 1. The number of hydrogen-bond acceptors (Lipinski definition) is 6. The molecule has 0 bridgehead atoms. The fourth-order valence-corrected chi connectivity index (χ4v) is 2.74. The molecule has 25 heavy (non-hydrogen) atoms. The molecule has 0 unspecified atom stereocenters. The second kappa shape index (κ2) is 5.55. The van der Waals surface area contributed by atoms with Crippen LogP contribution < -0.4 is 11.1 Å². The van der Waals surface area contributed by atoms with E-state index in [1.165, 1.54) is 23.0 Å². The van der Waals surface area contributed by atoms with Crippen LogP contribution in [0.5, 0.6) is 0 Å². The molecule has 126 valence electrons. The summed E-state index contributed by atoms with van der Waals surface area (Å²) in [5, 5.41) is 17.9. The summed E-state index contributed by atoms with van der Waals surface area (Å²) in [6.07, 6.45) is 4.84. The quantitative estimate of drug-likeness (QED) is 0.551. The van der Waals surface area contributed by atoms with Gasteiger partial charge in [-0.25, -0.2) is 9.50 Å². The number of hydrogen-bond donors (Lipinski definition) is 2. The Balaban J connectivity index is 1.89. The molecule has 0 radical (unpaired) electrons. The Morgan fingerprint density at radius 3 is 2.68 bits per heavy atom. The number of nitrogen functional groups attached to an aromatic ring is 1. The number of carbonyl (C=O) groups is 1. The highest BCUT2D eigenvalue weighted by molar-refractivity contribution is 6.07. The van der Waals surface area contributed by atoms with E-state index in [-0.39, 0.29) is 23.5 Å². The zero-order valence-electron chi connectivity index (χ0n) is 13.0. The van der Waals surface area contributed by atoms with E-state index in [1.807, 2.05) is 0 Å². The summed E-state index contributed by atoms with van der Waals surface area (Å²) in [6, 6.07) is 6.16. The molecule has 2 aromatic heterocycles. The molecule has 1 saturated carbocycles. The van der Waals surface area contributed by atoms with Gasteiger partial charge >= 0.3 is 0 Å². The maximum absolute atomic E-state index is 12.6. The average Bonchev–Trinajstić information content (AvgIpc) is 3.31. The van der Waals surface area contributed by atoms with Crippen molar-refractivity contribution in [2.24, 2.45) is 0 Å². The Bertz CT molecular complexity index is 991. The van der Waals surface area contributed by atoms with Gasteiger partial charge in [-0.05, 0) is 30.5 Å². The minimum Gasteiger partial charge on any atom is -0.382 e. The number of rotatable bonds is 4. The Kier molecular flexibility index (Phi) is 3.34. The molecule has 9 heteroatoms. The number of non-ortho nitro benzene ring substituents is 1. The SMILES string of the molecule is Nc1ncnn2cc(C(=O)NC3CC3)c(-c3ccc([N+](=O)[O-])cc3)c12. The van der Waals surface area contributed by atoms with E-state index in [1.54, 1.807) is 18.3 Å². The van der Waals surface area contributed by atoms with Gasteiger partial charge in [0.1, 0.15) is 11.8 Å². The average molecular weight is 338 g/mol. The van der Waals surface area contributed by atoms with Crippen molar-refractivity contribution >= 4 is 22.9 Å². The van der Waals surface area contributed by atoms with Crippen LogP contribution in [0.4, 0.5) is 11.5 Å². The third kappa shape index (κ3) is 2.65. The van der Waals surface area contributed by atoms with E-state index in [0.717, 1.165) is 12.8 Å². The van der Waals surface area contributed by atoms with Crippen LogP contribution in [0.15, 0.2) is 36.8 Å². The molecule has 3 aromatic rings. The lowest BCUT2D eigenvalue weighted by Crippen LogP contribution is -2.25. The van der Waals surface area contributed by atoms with Crippen molar-refractivity contribution < 1.29 is 9.72 Å². The monoisotopic (exact) mass is 338 g/mol. The molecule has 0 atom stereocenters. The summed E-state index contributed by atoms with van der Waals surface area (Å²) in [5.41, 5.74) is 8.06. The predicted molar refractivity (Wildman–Crippen MR) is 90.0 cm³/mol. The molecule has 1 fully saturated rings. The first-order chi connectivity index (χ1) is 12.0. The summed E-state index contributed by atoms with van der Waals surface area (Å²) in [7, 11) is 0. The van der Waals surface area contributed by atoms with Gasteiger partial charge in [0.25, 0.3) is 11.6 Å². The van der Waals surface area contributed by atoms with E-state index in [4.69, 9.17) is 5.73 Å². The molecule has 1 aliphatic carbocycles. The van der Waals surface area contributed by atoms with Gasteiger partial charge in [-0.3, -0.25) is 14.9 Å². The molecule has 9 nitrogen and oxygen atoms in total. The number of carbonyl (C=O) groups excluding carboxylic acids is 1. The van der Waals surface area contributed by atoms with Gasteiger partial charge in [0.05, 0.1) is 10.5 Å². The third-order valence-electron chi connectivity index (χ3n) is 4.13. The van der Waals surface area contributed by atoms with Crippen LogP contribution in [0.3, 0.4) is 0 Å². The lowest BCUT2D eigenvalue weighted by molar-refractivity contribution is -0.384. The van der Waals surface area contributed by atoms with Crippen molar-refractivity contribution in [1.29, 1.82) is 0 Å². The third-order valence-corrected chi connectivity index (χ3v) is 4.13. The van der Waals surface area contributed by atoms with E-state index in [0.29, 0.717) is 22.2 Å². The van der Waals surface area contributed by atoms with Gasteiger partial charge in [0.15, 0.2) is 5.82 Å². The van der Waals surface area contributed by atoms with Crippen molar-refractivity contribution in [2.75, 3.05) is 5.73 Å². The largest absolute Gasteiger partial charge is 0.382 e. The maximum Gasteiger partial charge on any atom is 0.269 e. The zero-order valence-corrected chi connectivity index (χ0v) is 13.0. The Hall–Kier alpha value is -3.49. The first kappa shape index (κ1) is 15.1. The second-order valence-electron chi connectivity index (χ2n) is 5.91. The number of nitrogens with zero attached hydrogens (tertiary/aromatic N) is 4. The number of aromatic nitrogens is 3. The molecular weight excluding hydrogens is 324 g/mol. The second-order valence-corrected chi connectivity index (χ2v) is 5.91. The van der Waals surface area contributed by atoms with E-state index < -0.39 is 4.92 Å². The topological polar surface area (TPSA) is 128 Å². The summed E-state index contributed by atoms with van der Waals surface area (Å²) >= 11 is 0. The van der Waals surface area contributed by atoms with Crippen molar-refractivity contribution in [2.45, 2.75) is 18.9 Å². The minimum atomic E-state index is -0.472. The highest BCUT2D eigenvalue weighted by Crippen LogP contribution is 2.33. The first-order valence-corrected chi connectivity index (χ1v) is 7.72. The van der Waals surface area contributed by atoms with E-state index >= 15 is 0 Å². The standard InChI is InChI=1S/C16H14N6O3/c17-15-14-13(9-1-5-11(6-2-9)22(24)25)12(7-21(14)19-8-18-15)16(23)20-10-3-4-10/h1-2,5-8,10H,3-4H2,(H,20,23)(H2,17,18,19). The van der Waals surface area contributed by atoms with Gasteiger partial charge in [0.2, 0.25) is 0 Å². The van der Waals surface area contributed by atoms with E-state index in [2.05, 4.69) is 15.4 Å². The van der Waals surface area contributed by atoms with Crippen LogP contribution in [0.2, 0.25) is 0 Å². The predicted octanol–water partition coefficient (Wildman–Crippen LogP) is 1.78. The van der Waals surface area contributed by atoms with Crippen molar-refractivity contribution in [1.82, 2.24) is 19.9 Å². The van der Waals surface area contributed by atoms with Crippen LogP contribution in [0.1, 0.15) is 23.2 Å². The fraction of sp³-hybridized carbons (Fsp3) is 0.188. The smallest absolute Gasteiger partial charge is 0.269 e. The Labute approximate surface area is 141 Å². The van der Waals surface area contributed by atoms with Crippen molar-refractivity contribution in [3.05, 3.63) is 52.5 Å². The molecular formula is C16H14N6O3. The van der Waals surface area contributed by atoms with Crippen LogP contribution in [0, 0.1) is 10.1 Å². The summed E-state index contributed by atoms with van der Waals surface area (Å²) in [6.45, 7) is 0. The molecule has 0 spiro atoms. The number of amides is 1. The lowest BCUT2D eigenvalue weighted by atomic mass is 10.0. The number of nitrogens with one attached hydrogen (secondary N) is 1. The van der Waals surface area contributed by atoms with Gasteiger partial charge in [-0.15, -0.1) is 0 Å². The molecule has 1 amide bonds. The molecule has 1 aromatic carbocycles. The highest BCUT2D eigenvalue weighted by atomic mass is 16.6. The maximum atomic E-state index is 12.6. The number of fused-ring (bicyclic) bond motifs is 1. The molecule has 2 heterocycles. The Morgan fingerprint density at radius 2 is 2.04 bits per heavy atom. The number of nitro groups is 1. The number of benzene rings is 1. The van der Waals surface area contributed by atoms with Crippen molar-refractivity contribution in [3.8, 4) is 11.1 Å². The highest BCUT2D eigenvalue weighted by Gasteiger charge is 2.27. The lowest BCUT2D eigenvalue weighted by Gasteiger charge is -2.06. The number of anilines is 1. The molecule has 1 aliphatic rings. The van der Waals surface area contributed by atoms with Crippen LogP contribution in [-0.4, -0.2) is 31.5 Å². The van der Waals surface area contributed by atoms with Crippen LogP contribution in [-0.2, 0) is 0 Å². The number of nitro benzene ring substituents is 1. The van der Waals surface area contributed by atoms with Crippen LogP contribution in [0.25, 0.3) is 16.6 Å². The van der Waals surface area contributed by atoms with Gasteiger partial charge in [0, 0.05) is 29.9 Å². The molecule has 4 rings (SSSR count). The van der Waals surface area contributed by atoms with Gasteiger partial charge in [-0.1, -0.05) is 0 Å². The molecule has 0 aliphatic heterocycles. The van der Waals surface area contributed by atoms with E-state index in [9.17, 15) is 14.9 Å². The van der Waals surface area contributed by atoms with Gasteiger partial charge < -0.3 is 11.1 Å². The summed E-state index contributed by atoms with van der Waals surface area (Å²) in [5.74, 6) is 0.00887. The first-order valence-electron chi connectivity index (χ1n) is 7.72. The fourth-order valence-electron chi connectivity index (χ4n) is 2.74.